The summed E-state index contributed by atoms with van der Waals surface area (Å²) in [6, 6.07) is 6.80. The van der Waals surface area contributed by atoms with Crippen LogP contribution in [0.5, 0.6) is 0 Å². The fourth-order valence-corrected chi connectivity index (χ4v) is 4.47. The zero-order chi connectivity index (χ0) is 23.0. The second-order valence-electron chi connectivity index (χ2n) is 8.34. The number of nitro benzene ring substituents is 1. The molecule has 0 bridgehead atoms. The topological polar surface area (TPSA) is 139 Å². The van der Waals surface area contributed by atoms with Gasteiger partial charge in [-0.3, -0.25) is 24.6 Å². The first-order chi connectivity index (χ1) is 15.2. The van der Waals surface area contributed by atoms with Gasteiger partial charge in [0.1, 0.15) is 17.9 Å². The van der Waals surface area contributed by atoms with Crippen molar-refractivity contribution in [2.75, 3.05) is 11.9 Å². The highest BCUT2D eigenvalue weighted by Crippen LogP contribution is 2.38. The summed E-state index contributed by atoms with van der Waals surface area (Å²) in [5.74, 6) is -0.567. The van der Waals surface area contributed by atoms with Gasteiger partial charge in [-0.05, 0) is 37.8 Å². The summed E-state index contributed by atoms with van der Waals surface area (Å²) in [5.41, 5.74) is 0.146. The average molecular weight is 440 g/mol. The summed E-state index contributed by atoms with van der Waals surface area (Å²) in [6.07, 6.45) is 3.28. The minimum absolute atomic E-state index is 0.00646. The summed E-state index contributed by atoms with van der Waals surface area (Å²) < 4.78 is 1.44. The minimum atomic E-state index is -0.924. The van der Waals surface area contributed by atoms with Crippen LogP contribution in [0.2, 0.25) is 0 Å². The molecule has 4 amide bonds. The molecule has 1 aliphatic heterocycles. The lowest BCUT2D eigenvalue weighted by molar-refractivity contribution is -0.384. The van der Waals surface area contributed by atoms with Crippen LogP contribution in [0.4, 0.5) is 16.3 Å². The standard InChI is InChI=1S/C21H24N6O5/c1-13-5-3-4-10-21(13)19(29)25(20(30)23-21)12-18(28)22-17-11-14(2)24-26(17)15-6-8-16(9-7-15)27(31)32/h6-9,11,13H,3-5,10,12H2,1-2H3,(H,22,28)(H,23,30). The minimum Gasteiger partial charge on any atom is -0.323 e. The molecule has 2 N–H and O–H groups in total. The summed E-state index contributed by atoms with van der Waals surface area (Å²) >= 11 is 0. The zero-order valence-electron chi connectivity index (χ0n) is 17.8. The molecular formula is C21H24N6O5. The first kappa shape index (κ1) is 21.5. The lowest BCUT2D eigenvalue weighted by atomic mass is 9.73. The average Bonchev–Trinajstić information content (AvgIpc) is 3.23. The van der Waals surface area contributed by atoms with Gasteiger partial charge in [0.05, 0.1) is 16.3 Å². The van der Waals surface area contributed by atoms with Gasteiger partial charge in [-0.2, -0.15) is 5.10 Å². The fourth-order valence-electron chi connectivity index (χ4n) is 4.47. The number of carbonyl (C=O) groups is 3. The van der Waals surface area contributed by atoms with Gasteiger partial charge in [-0.15, -0.1) is 0 Å². The summed E-state index contributed by atoms with van der Waals surface area (Å²) in [6.45, 7) is 3.28. The molecule has 4 rings (SSSR count). The van der Waals surface area contributed by atoms with Gasteiger partial charge in [0.25, 0.3) is 11.6 Å². The van der Waals surface area contributed by atoms with Gasteiger partial charge in [0.15, 0.2) is 0 Å². The smallest absolute Gasteiger partial charge is 0.323 e. The van der Waals surface area contributed by atoms with Crippen molar-refractivity contribution in [3.05, 3.63) is 46.1 Å². The number of imide groups is 1. The van der Waals surface area contributed by atoms with E-state index in [1.165, 1.54) is 28.9 Å². The number of nitrogens with zero attached hydrogens (tertiary/aromatic N) is 4. The molecule has 1 saturated heterocycles. The third-order valence-electron chi connectivity index (χ3n) is 6.21. The third kappa shape index (κ3) is 3.70. The number of hydrogen-bond acceptors (Lipinski definition) is 6. The van der Waals surface area contributed by atoms with Gasteiger partial charge in [-0.25, -0.2) is 9.48 Å². The van der Waals surface area contributed by atoms with Crippen LogP contribution in [0.1, 0.15) is 38.3 Å². The highest BCUT2D eigenvalue weighted by molar-refractivity contribution is 6.10. The number of aryl methyl sites for hydroxylation is 1. The number of anilines is 1. The summed E-state index contributed by atoms with van der Waals surface area (Å²) in [7, 11) is 0. The van der Waals surface area contributed by atoms with E-state index in [4.69, 9.17) is 0 Å². The number of urea groups is 1. The van der Waals surface area contributed by atoms with Crippen molar-refractivity contribution in [2.24, 2.45) is 5.92 Å². The highest BCUT2D eigenvalue weighted by Gasteiger charge is 2.55. The molecule has 1 aliphatic carbocycles. The van der Waals surface area contributed by atoms with E-state index in [0.29, 0.717) is 23.6 Å². The number of amides is 4. The molecule has 2 atom stereocenters. The van der Waals surface area contributed by atoms with Crippen LogP contribution in [-0.4, -0.2) is 49.5 Å². The monoisotopic (exact) mass is 440 g/mol. The molecule has 11 heteroatoms. The molecule has 2 aromatic rings. The van der Waals surface area contributed by atoms with Crippen LogP contribution < -0.4 is 10.6 Å². The largest absolute Gasteiger partial charge is 0.325 e. The molecule has 2 fully saturated rings. The number of benzene rings is 1. The Morgan fingerprint density at radius 3 is 2.69 bits per heavy atom. The lowest BCUT2D eigenvalue weighted by Crippen LogP contribution is -2.54. The maximum absolute atomic E-state index is 13.1. The van der Waals surface area contributed by atoms with Crippen LogP contribution in [-0.2, 0) is 9.59 Å². The Balaban J connectivity index is 1.50. The van der Waals surface area contributed by atoms with Crippen LogP contribution >= 0.6 is 0 Å². The Morgan fingerprint density at radius 2 is 2.03 bits per heavy atom. The Bertz CT molecular complexity index is 1090. The van der Waals surface area contributed by atoms with E-state index in [1.807, 2.05) is 6.92 Å². The maximum Gasteiger partial charge on any atom is 0.325 e. The Morgan fingerprint density at radius 1 is 1.31 bits per heavy atom. The molecule has 1 aromatic heterocycles. The van der Waals surface area contributed by atoms with Crippen molar-refractivity contribution in [3.8, 4) is 5.69 Å². The van der Waals surface area contributed by atoms with E-state index in [2.05, 4.69) is 15.7 Å². The first-order valence-electron chi connectivity index (χ1n) is 10.5. The lowest BCUT2D eigenvalue weighted by Gasteiger charge is -2.36. The van der Waals surface area contributed by atoms with E-state index in [-0.39, 0.29) is 17.5 Å². The molecule has 11 nitrogen and oxygen atoms in total. The van der Waals surface area contributed by atoms with Crippen LogP contribution in [0.25, 0.3) is 5.69 Å². The molecule has 32 heavy (non-hydrogen) atoms. The normalized spacial score (nSPS) is 22.8. The summed E-state index contributed by atoms with van der Waals surface area (Å²) in [5, 5.41) is 20.7. The number of nitro groups is 1. The number of non-ortho nitro benzene ring substituents is 1. The Hall–Kier alpha value is -3.76. The molecule has 1 aromatic carbocycles. The second kappa shape index (κ2) is 8.06. The van der Waals surface area contributed by atoms with Gasteiger partial charge in [0.2, 0.25) is 5.91 Å². The van der Waals surface area contributed by atoms with Gasteiger partial charge in [0, 0.05) is 18.2 Å². The van der Waals surface area contributed by atoms with Crippen molar-refractivity contribution >= 4 is 29.4 Å². The Labute approximate surface area is 183 Å². The quantitative estimate of drug-likeness (QED) is 0.416. The molecular weight excluding hydrogens is 416 g/mol. The van der Waals surface area contributed by atoms with Gasteiger partial charge >= 0.3 is 6.03 Å². The maximum atomic E-state index is 13.1. The molecule has 2 aliphatic rings. The highest BCUT2D eigenvalue weighted by atomic mass is 16.6. The predicted octanol–water partition coefficient (Wildman–Crippen LogP) is 2.53. The van der Waals surface area contributed by atoms with Crippen molar-refractivity contribution in [2.45, 2.75) is 45.1 Å². The zero-order valence-corrected chi connectivity index (χ0v) is 17.8. The Kier molecular flexibility index (Phi) is 5.41. The predicted molar refractivity (Wildman–Crippen MR) is 114 cm³/mol. The van der Waals surface area contributed by atoms with E-state index in [1.54, 1.807) is 13.0 Å². The van der Waals surface area contributed by atoms with E-state index in [0.717, 1.165) is 24.2 Å². The summed E-state index contributed by atoms with van der Waals surface area (Å²) in [4.78, 5) is 49.7. The van der Waals surface area contributed by atoms with E-state index in [9.17, 15) is 24.5 Å². The van der Waals surface area contributed by atoms with Crippen molar-refractivity contribution in [1.82, 2.24) is 20.0 Å². The van der Waals surface area contributed by atoms with Gasteiger partial charge < -0.3 is 10.6 Å². The SMILES string of the molecule is Cc1cc(NC(=O)CN2C(=O)NC3(CCCCC3C)C2=O)n(-c2ccc([N+](=O)[O-])cc2)n1. The second-order valence-corrected chi connectivity index (χ2v) is 8.34. The third-order valence-corrected chi connectivity index (χ3v) is 6.21. The van der Waals surface area contributed by atoms with Crippen LogP contribution in [0, 0.1) is 23.0 Å². The van der Waals surface area contributed by atoms with Crippen LogP contribution in [0.3, 0.4) is 0 Å². The van der Waals surface area contributed by atoms with Crippen molar-refractivity contribution in [3.63, 3.8) is 0 Å². The van der Waals surface area contributed by atoms with Gasteiger partial charge in [-0.1, -0.05) is 19.8 Å². The molecule has 0 radical (unpaired) electrons. The van der Waals surface area contributed by atoms with Crippen LogP contribution in [0.15, 0.2) is 30.3 Å². The fraction of sp³-hybridized carbons (Fsp3) is 0.429. The first-order valence-corrected chi connectivity index (χ1v) is 10.5. The number of nitrogens with one attached hydrogen (secondary N) is 2. The number of hydrogen-bond donors (Lipinski definition) is 2. The number of rotatable bonds is 5. The van der Waals surface area contributed by atoms with E-state index < -0.39 is 28.9 Å². The molecule has 1 saturated carbocycles. The van der Waals surface area contributed by atoms with Crippen molar-refractivity contribution < 1.29 is 19.3 Å². The molecule has 168 valence electrons. The molecule has 1 spiro atoms. The molecule has 2 heterocycles. The van der Waals surface area contributed by atoms with E-state index >= 15 is 0 Å². The molecule has 2 unspecified atom stereocenters. The number of carbonyl (C=O) groups excluding carboxylic acids is 3. The number of aromatic nitrogens is 2. The van der Waals surface area contributed by atoms with Crippen molar-refractivity contribution in [1.29, 1.82) is 0 Å².